The Kier molecular flexibility index (Phi) is 5.17. The molecule has 2 rings (SSSR count). The lowest BCUT2D eigenvalue weighted by atomic mass is 10.2. The minimum absolute atomic E-state index is 0.508. The number of aryl methyl sites for hydroxylation is 2. The molecule has 0 saturated carbocycles. The molecular formula is C16H26N4S. The van der Waals surface area contributed by atoms with Gasteiger partial charge in [0.1, 0.15) is 16.5 Å². The van der Waals surface area contributed by atoms with Crippen LogP contribution in [0.2, 0.25) is 0 Å². The van der Waals surface area contributed by atoms with E-state index in [1.807, 2.05) is 7.05 Å². The zero-order valence-electron chi connectivity index (χ0n) is 13.9. The number of nitrogens with one attached hydrogen (secondary N) is 1. The Morgan fingerprint density at radius 1 is 1.24 bits per heavy atom. The molecule has 0 saturated heterocycles. The van der Waals surface area contributed by atoms with Crippen LogP contribution in [0.3, 0.4) is 0 Å². The van der Waals surface area contributed by atoms with Gasteiger partial charge in [-0.15, -0.1) is 11.3 Å². The van der Waals surface area contributed by atoms with E-state index in [2.05, 4.69) is 44.8 Å². The van der Waals surface area contributed by atoms with Gasteiger partial charge in [-0.25, -0.2) is 9.97 Å². The van der Waals surface area contributed by atoms with Crippen molar-refractivity contribution < 1.29 is 0 Å². The highest BCUT2D eigenvalue weighted by Crippen LogP contribution is 2.33. The second-order valence-corrected chi connectivity index (χ2v) is 6.97. The molecule has 0 fully saturated rings. The lowest BCUT2D eigenvalue weighted by Gasteiger charge is -2.25. The second kappa shape index (κ2) is 6.71. The number of thiophene rings is 1. The van der Waals surface area contributed by atoms with Crippen molar-refractivity contribution in [3.8, 4) is 0 Å². The van der Waals surface area contributed by atoms with Crippen molar-refractivity contribution in [3.63, 3.8) is 0 Å². The maximum atomic E-state index is 4.80. The van der Waals surface area contributed by atoms with Crippen LogP contribution >= 0.6 is 11.3 Å². The van der Waals surface area contributed by atoms with Gasteiger partial charge in [-0.3, -0.25) is 4.90 Å². The van der Waals surface area contributed by atoms with Gasteiger partial charge in [0.15, 0.2) is 0 Å². The summed E-state index contributed by atoms with van der Waals surface area (Å²) in [6.45, 7) is 12.9. The summed E-state index contributed by atoms with van der Waals surface area (Å²) >= 11 is 1.76. The highest BCUT2D eigenvalue weighted by Gasteiger charge is 2.16. The maximum absolute atomic E-state index is 4.80. The third-order valence-corrected chi connectivity index (χ3v) is 5.00. The maximum Gasteiger partial charge on any atom is 0.146 e. The molecule has 0 aliphatic carbocycles. The van der Waals surface area contributed by atoms with E-state index in [0.717, 1.165) is 36.0 Å². The van der Waals surface area contributed by atoms with Crippen molar-refractivity contribution >= 4 is 27.4 Å². The van der Waals surface area contributed by atoms with E-state index < -0.39 is 0 Å². The summed E-state index contributed by atoms with van der Waals surface area (Å²) in [7, 11) is 1.93. The molecule has 21 heavy (non-hydrogen) atoms. The van der Waals surface area contributed by atoms with Crippen LogP contribution in [-0.2, 0) is 6.54 Å². The topological polar surface area (TPSA) is 41.1 Å². The summed E-state index contributed by atoms with van der Waals surface area (Å²) in [6, 6.07) is 0.508. The first kappa shape index (κ1) is 16.2. The van der Waals surface area contributed by atoms with E-state index in [4.69, 9.17) is 9.97 Å². The molecule has 0 aromatic carbocycles. The van der Waals surface area contributed by atoms with Gasteiger partial charge in [0, 0.05) is 18.0 Å². The summed E-state index contributed by atoms with van der Waals surface area (Å²) in [5.41, 5.74) is 1.29. The zero-order chi connectivity index (χ0) is 15.6. The first-order valence-electron chi connectivity index (χ1n) is 7.66. The van der Waals surface area contributed by atoms with Gasteiger partial charge >= 0.3 is 0 Å². The molecule has 0 atom stereocenters. The summed E-state index contributed by atoms with van der Waals surface area (Å²) in [6.07, 6.45) is 1.15. The molecule has 0 spiro atoms. The lowest BCUT2D eigenvalue weighted by Crippen LogP contribution is -2.31. The first-order valence-corrected chi connectivity index (χ1v) is 8.48. The molecule has 0 bridgehead atoms. The number of hydrogen-bond acceptors (Lipinski definition) is 5. The standard InChI is InChI=1S/C16H26N4S/c1-7-8-20(10(2)3)9-13-18-15(17-6)14-11(4)12(5)21-16(14)19-13/h10H,7-9H2,1-6H3,(H,17,18,19). The van der Waals surface area contributed by atoms with E-state index in [0.29, 0.717) is 6.04 Å². The Morgan fingerprint density at radius 2 is 1.95 bits per heavy atom. The van der Waals surface area contributed by atoms with Gasteiger partial charge in [0.2, 0.25) is 0 Å². The summed E-state index contributed by atoms with van der Waals surface area (Å²) in [4.78, 5) is 14.4. The Hall–Kier alpha value is -1.20. The van der Waals surface area contributed by atoms with Gasteiger partial charge in [0.25, 0.3) is 0 Å². The Morgan fingerprint density at radius 3 is 2.52 bits per heavy atom. The molecule has 5 heteroatoms. The van der Waals surface area contributed by atoms with E-state index in [-0.39, 0.29) is 0 Å². The minimum Gasteiger partial charge on any atom is -0.372 e. The normalized spacial score (nSPS) is 11.8. The van der Waals surface area contributed by atoms with Crippen LogP contribution in [0.4, 0.5) is 5.82 Å². The predicted octanol–water partition coefficient (Wildman–Crippen LogP) is 3.97. The van der Waals surface area contributed by atoms with Crippen molar-refractivity contribution in [3.05, 3.63) is 16.3 Å². The average molecular weight is 306 g/mol. The van der Waals surface area contributed by atoms with E-state index in [9.17, 15) is 0 Å². The van der Waals surface area contributed by atoms with Crippen LogP contribution < -0.4 is 5.32 Å². The van der Waals surface area contributed by atoms with Crippen LogP contribution in [0.5, 0.6) is 0 Å². The third-order valence-electron chi connectivity index (χ3n) is 3.90. The fourth-order valence-electron chi connectivity index (χ4n) is 2.53. The number of aromatic nitrogens is 2. The molecule has 116 valence electrons. The number of hydrogen-bond donors (Lipinski definition) is 1. The summed E-state index contributed by atoms with van der Waals surface area (Å²) in [5, 5.41) is 4.41. The van der Waals surface area contributed by atoms with Crippen molar-refractivity contribution in [1.82, 2.24) is 14.9 Å². The van der Waals surface area contributed by atoms with Crippen LogP contribution in [0.25, 0.3) is 10.2 Å². The number of fused-ring (bicyclic) bond motifs is 1. The molecule has 0 aliphatic rings. The van der Waals surface area contributed by atoms with Gasteiger partial charge < -0.3 is 5.32 Å². The highest BCUT2D eigenvalue weighted by atomic mass is 32.1. The predicted molar refractivity (Wildman–Crippen MR) is 92.3 cm³/mol. The molecule has 0 unspecified atom stereocenters. The molecule has 0 amide bonds. The summed E-state index contributed by atoms with van der Waals surface area (Å²) < 4.78 is 0. The number of rotatable bonds is 6. The van der Waals surface area contributed by atoms with Gasteiger partial charge in [-0.1, -0.05) is 6.92 Å². The molecule has 0 aliphatic heterocycles. The number of anilines is 1. The Labute approximate surface area is 131 Å². The Bertz CT molecular complexity index is 618. The molecule has 2 aromatic rings. The second-order valence-electron chi connectivity index (χ2n) is 5.77. The van der Waals surface area contributed by atoms with Crippen molar-refractivity contribution in [1.29, 1.82) is 0 Å². The van der Waals surface area contributed by atoms with E-state index >= 15 is 0 Å². The molecule has 0 radical (unpaired) electrons. The average Bonchev–Trinajstić information content (AvgIpc) is 2.72. The largest absolute Gasteiger partial charge is 0.372 e. The zero-order valence-corrected chi connectivity index (χ0v) is 14.8. The van der Waals surface area contributed by atoms with Crippen LogP contribution in [-0.4, -0.2) is 34.5 Å². The SMILES string of the molecule is CCCN(Cc1nc(NC)c2c(C)c(C)sc2n1)C(C)C. The molecule has 4 nitrogen and oxygen atoms in total. The third kappa shape index (κ3) is 3.35. The number of nitrogens with zero attached hydrogens (tertiary/aromatic N) is 3. The van der Waals surface area contributed by atoms with Gasteiger partial charge in [-0.2, -0.15) is 0 Å². The fraction of sp³-hybridized carbons (Fsp3) is 0.625. The quantitative estimate of drug-likeness (QED) is 0.876. The summed E-state index contributed by atoms with van der Waals surface area (Å²) in [5.74, 6) is 1.87. The van der Waals surface area contributed by atoms with Crippen LogP contribution in [0, 0.1) is 13.8 Å². The molecule has 2 heterocycles. The smallest absolute Gasteiger partial charge is 0.146 e. The minimum atomic E-state index is 0.508. The van der Waals surface area contributed by atoms with E-state index in [1.54, 1.807) is 11.3 Å². The molecule has 1 N–H and O–H groups in total. The molecule has 2 aromatic heterocycles. The first-order chi connectivity index (χ1) is 9.97. The highest BCUT2D eigenvalue weighted by molar-refractivity contribution is 7.18. The van der Waals surface area contributed by atoms with Gasteiger partial charge in [0.05, 0.1) is 11.9 Å². The fourth-order valence-corrected chi connectivity index (χ4v) is 3.58. The molecular weight excluding hydrogens is 280 g/mol. The van der Waals surface area contributed by atoms with Crippen molar-refractivity contribution in [2.75, 3.05) is 18.9 Å². The monoisotopic (exact) mass is 306 g/mol. The van der Waals surface area contributed by atoms with E-state index in [1.165, 1.54) is 15.8 Å². The van der Waals surface area contributed by atoms with Crippen LogP contribution in [0.15, 0.2) is 0 Å². The lowest BCUT2D eigenvalue weighted by molar-refractivity contribution is 0.208. The van der Waals surface area contributed by atoms with Crippen molar-refractivity contribution in [2.24, 2.45) is 0 Å². The van der Waals surface area contributed by atoms with Crippen molar-refractivity contribution in [2.45, 2.75) is 53.6 Å². The Balaban J connectivity index is 2.41. The van der Waals surface area contributed by atoms with Gasteiger partial charge in [-0.05, 0) is 46.2 Å². The van der Waals surface area contributed by atoms with Crippen LogP contribution in [0.1, 0.15) is 43.5 Å².